The third-order valence-corrected chi connectivity index (χ3v) is 4.14. The molecular formula is C15H19ClFN3. The molecule has 0 atom stereocenters. The van der Waals surface area contributed by atoms with Crippen LogP contribution in [-0.4, -0.2) is 40.0 Å². The average molecular weight is 296 g/mol. The number of imidazole rings is 1. The topological polar surface area (TPSA) is 21.1 Å². The molecule has 3 rings (SSSR count). The van der Waals surface area contributed by atoms with Gasteiger partial charge in [0.15, 0.2) is 0 Å². The molecule has 3 nitrogen and oxygen atoms in total. The van der Waals surface area contributed by atoms with Gasteiger partial charge in [0.1, 0.15) is 11.6 Å². The van der Waals surface area contributed by atoms with E-state index in [1.54, 1.807) is 0 Å². The molecule has 0 N–H and O–H groups in total. The fraction of sp³-hybridized carbons (Fsp3) is 0.533. The van der Waals surface area contributed by atoms with Crippen LogP contribution in [0.5, 0.6) is 0 Å². The molecule has 0 spiro atoms. The van der Waals surface area contributed by atoms with Crippen molar-refractivity contribution in [1.82, 2.24) is 14.5 Å². The van der Waals surface area contributed by atoms with Crippen LogP contribution < -0.4 is 0 Å². The summed E-state index contributed by atoms with van der Waals surface area (Å²) in [6.45, 7) is 1.87. The summed E-state index contributed by atoms with van der Waals surface area (Å²) < 4.78 is 15.5. The zero-order valence-corrected chi connectivity index (χ0v) is 12.4. The van der Waals surface area contributed by atoms with Crippen molar-refractivity contribution in [2.75, 3.05) is 19.5 Å². The Morgan fingerprint density at radius 1 is 1.45 bits per heavy atom. The normalized spacial score (nSPS) is 15.4. The second kappa shape index (κ2) is 5.70. The molecule has 0 saturated heterocycles. The van der Waals surface area contributed by atoms with Crippen molar-refractivity contribution in [3.8, 4) is 0 Å². The predicted molar refractivity (Wildman–Crippen MR) is 79.8 cm³/mol. The summed E-state index contributed by atoms with van der Waals surface area (Å²) in [6.07, 6.45) is 3.33. The van der Waals surface area contributed by atoms with Gasteiger partial charge in [-0.1, -0.05) is 0 Å². The molecule has 5 heteroatoms. The highest BCUT2D eigenvalue weighted by molar-refractivity contribution is 6.17. The Morgan fingerprint density at radius 2 is 2.25 bits per heavy atom. The van der Waals surface area contributed by atoms with Gasteiger partial charge in [-0.05, 0) is 32.0 Å². The van der Waals surface area contributed by atoms with E-state index in [1.165, 1.54) is 25.0 Å². The van der Waals surface area contributed by atoms with Crippen molar-refractivity contribution in [3.63, 3.8) is 0 Å². The Bertz CT molecular complexity index is 606. The van der Waals surface area contributed by atoms with Gasteiger partial charge in [-0.3, -0.25) is 0 Å². The van der Waals surface area contributed by atoms with Crippen LogP contribution in [0.25, 0.3) is 11.0 Å². The molecule has 0 amide bonds. The van der Waals surface area contributed by atoms with Gasteiger partial charge < -0.3 is 9.47 Å². The van der Waals surface area contributed by atoms with Crippen LogP contribution >= 0.6 is 11.6 Å². The van der Waals surface area contributed by atoms with E-state index in [2.05, 4.69) is 21.5 Å². The highest BCUT2D eigenvalue weighted by Gasteiger charge is 2.25. The van der Waals surface area contributed by atoms with Gasteiger partial charge in [-0.15, -0.1) is 11.6 Å². The quantitative estimate of drug-likeness (QED) is 0.764. The lowest BCUT2D eigenvalue weighted by molar-refractivity contribution is 0.309. The minimum atomic E-state index is -0.241. The fourth-order valence-electron chi connectivity index (χ4n) is 2.63. The summed E-state index contributed by atoms with van der Waals surface area (Å²) in [7, 11) is 2.16. The molecule has 1 aliphatic rings. The van der Waals surface area contributed by atoms with Gasteiger partial charge in [0.25, 0.3) is 0 Å². The monoisotopic (exact) mass is 295 g/mol. The molecule has 20 heavy (non-hydrogen) atoms. The second-order valence-corrected chi connectivity index (χ2v) is 5.84. The first-order chi connectivity index (χ1) is 9.69. The van der Waals surface area contributed by atoms with Gasteiger partial charge in [-0.2, -0.15) is 0 Å². The van der Waals surface area contributed by atoms with Gasteiger partial charge in [-0.25, -0.2) is 9.37 Å². The van der Waals surface area contributed by atoms with Crippen LogP contribution in [0.3, 0.4) is 0 Å². The summed E-state index contributed by atoms with van der Waals surface area (Å²) in [5.74, 6) is 1.24. The van der Waals surface area contributed by atoms with Crippen molar-refractivity contribution in [2.45, 2.75) is 31.8 Å². The summed E-state index contributed by atoms with van der Waals surface area (Å²) in [6, 6.07) is 5.55. The maximum Gasteiger partial charge on any atom is 0.125 e. The second-order valence-electron chi connectivity index (χ2n) is 5.46. The van der Waals surface area contributed by atoms with Crippen LogP contribution in [0.4, 0.5) is 4.39 Å². The fourth-order valence-corrected chi connectivity index (χ4v) is 2.80. The molecule has 0 aliphatic heterocycles. The van der Waals surface area contributed by atoms with Crippen LogP contribution in [0, 0.1) is 5.82 Å². The largest absolute Gasteiger partial charge is 0.327 e. The van der Waals surface area contributed by atoms with Crippen molar-refractivity contribution >= 4 is 22.6 Å². The number of alkyl halides is 1. The lowest BCUT2D eigenvalue weighted by atomic mass is 10.3. The molecule has 1 heterocycles. The molecule has 1 aromatic carbocycles. The molecule has 108 valence electrons. The minimum absolute atomic E-state index is 0.241. The smallest absolute Gasteiger partial charge is 0.125 e. The molecule has 1 aliphatic carbocycles. The van der Waals surface area contributed by atoms with Crippen molar-refractivity contribution in [1.29, 1.82) is 0 Å². The van der Waals surface area contributed by atoms with E-state index in [0.717, 1.165) is 36.0 Å². The molecule has 0 unspecified atom stereocenters. The van der Waals surface area contributed by atoms with Crippen LogP contribution in [-0.2, 0) is 13.0 Å². The van der Waals surface area contributed by atoms with E-state index >= 15 is 0 Å². The van der Waals surface area contributed by atoms with E-state index in [1.807, 2.05) is 6.07 Å². The Labute approximate surface area is 123 Å². The minimum Gasteiger partial charge on any atom is -0.327 e. The lowest BCUT2D eigenvalue weighted by Crippen LogP contribution is -2.25. The average Bonchev–Trinajstić information content (AvgIpc) is 3.20. The number of rotatable bonds is 6. The van der Waals surface area contributed by atoms with Crippen LogP contribution in [0.2, 0.25) is 0 Å². The number of nitrogens with zero attached hydrogens (tertiary/aromatic N) is 3. The molecule has 1 fully saturated rings. The molecule has 0 radical (unpaired) electrons. The van der Waals surface area contributed by atoms with Gasteiger partial charge in [0.2, 0.25) is 0 Å². The Kier molecular flexibility index (Phi) is 3.94. The first kappa shape index (κ1) is 13.8. The first-order valence-corrected chi connectivity index (χ1v) is 7.63. The zero-order chi connectivity index (χ0) is 14.1. The van der Waals surface area contributed by atoms with Crippen LogP contribution in [0.1, 0.15) is 18.7 Å². The number of hydrogen-bond acceptors (Lipinski definition) is 2. The van der Waals surface area contributed by atoms with Gasteiger partial charge in [0.05, 0.1) is 11.0 Å². The van der Waals surface area contributed by atoms with E-state index in [4.69, 9.17) is 11.6 Å². The number of likely N-dealkylation sites (N-methyl/N-ethyl adjacent to an activating group) is 1. The molecule has 2 aromatic rings. The standard InChI is InChI=1S/C15H19ClFN3/c1-19(12-3-4-12)8-9-20-14-5-2-11(17)10-13(14)18-15(20)6-7-16/h2,5,10,12H,3-4,6-9H2,1H3. The number of aryl methyl sites for hydroxylation is 1. The van der Waals surface area contributed by atoms with Crippen molar-refractivity contribution in [2.24, 2.45) is 0 Å². The third kappa shape index (κ3) is 2.81. The molecular weight excluding hydrogens is 277 g/mol. The number of hydrogen-bond donors (Lipinski definition) is 0. The third-order valence-electron chi connectivity index (χ3n) is 3.95. The lowest BCUT2D eigenvalue weighted by Gasteiger charge is -2.17. The number of halogens is 2. The Morgan fingerprint density at radius 3 is 2.95 bits per heavy atom. The van der Waals surface area contributed by atoms with E-state index in [-0.39, 0.29) is 5.82 Å². The molecule has 1 aromatic heterocycles. The summed E-state index contributed by atoms with van der Waals surface area (Å²) in [4.78, 5) is 6.91. The maximum absolute atomic E-state index is 13.3. The molecule has 1 saturated carbocycles. The van der Waals surface area contributed by atoms with Crippen LogP contribution in [0.15, 0.2) is 18.2 Å². The van der Waals surface area contributed by atoms with Crippen molar-refractivity contribution in [3.05, 3.63) is 29.8 Å². The first-order valence-electron chi connectivity index (χ1n) is 7.10. The summed E-state index contributed by atoms with van der Waals surface area (Å²) in [5.41, 5.74) is 1.72. The maximum atomic E-state index is 13.3. The SMILES string of the molecule is CN(CCn1c(CCCl)nc2cc(F)ccc21)C1CC1. The number of aromatic nitrogens is 2. The van der Waals surface area contributed by atoms with E-state index < -0.39 is 0 Å². The van der Waals surface area contributed by atoms with Gasteiger partial charge >= 0.3 is 0 Å². The van der Waals surface area contributed by atoms with E-state index in [9.17, 15) is 4.39 Å². The Balaban J connectivity index is 1.87. The highest BCUT2D eigenvalue weighted by atomic mass is 35.5. The van der Waals surface area contributed by atoms with Gasteiger partial charge in [0, 0.05) is 37.5 Å². The molecule has 0 bridgehead atoms. The predicted octanol–water partition coefficient (Wildman–Crippen LogP) is 3.05. The van der Waals surface area contributed by atoms with Crippen molar-refractivity contribution < 1.29 is 4.39 Å². The summed E-state index contributed by atoms with van der Waals surface area (Å²) in [5, 5.41) is 0. The Hall–Kier alpha value is -1.13. The zero-order valence-electron chi connectivity index (χ0n) is 11.6. The number of benzene rings is 1. The van der Waals surface area contributed by atoms with E-state index in [0.29, 0.717) is 12.3 Å². The summed E-state index contributed by atoms with van der Waals surface area (Å²) >= 11 is 5.85. The highest BCUT2D eigenvalue weighted by Crippen LogP contribution is 2.25. The number of fused-ring (bicyclic) bond motifs is 1.